The summed E-state index contributed by atoms with van der Waals surface area (Å²) in [6, 6.07) is 8.30. The van der Waals surface area contributed by atoms with Gasteiger partial charge in [-0.1, -0.05) is 29.8 Å². The molecule has 4 nitrogen and oxygen atoms in total. The van der Waals surface area contributed by atoms with E-state index in [0.717, 1.165) is 0 Å². The molecule has 0 amide bonds. The number of carbonyl (C=O) groups is 1. The van der Waals surface area contributed by atoms with Gasteiger partial charge in [0.1, 0.15) is 0 Å². The van der Waals surface area contributed by atoms with E-state index in [0.29, 0.717) is 5.56 Å². The van der Waals surface area contributed by atoms with Crippen LogP contribution in [0.3, 0.4) is 0 Å². The maximum atomic E-state index is 10.2. The van der Waals surface area contributed by atoms with E-state index in [1.54, 1.807) is 30.3 Å². The van der Waals surface area contributed by atoms with Crippen molar-refractivity contribution < 1.29 is 18.3 Å². The molecule has 0 bridgehead atoms. The summed E-state index contributed by atoms with van der Waals surface area (Å²) < 4.78 is 16.7. The maximum Gasteiger partial charge on any atom is 0.335 e. The van der Waals surface area contributed by atoms with Crippen molar-refractivity contribution >= 4 is 17.5 Å². The summed E-state index contributed by atoms with van der Waals surface area (Å²) in [5.74, 6) is -0.879. The van der Waals surface area contributed by atoms with Gasteiger partial charge in [0.05, 0.1) is 5.56 Å². The second-order valence-electron chi connectivity index (χ2n) is 1.75. The molecule has 0 saturated heterocycles. The van der Waals surface area contributed by atoms with Gasteiger partial charge in [-0.05, 0) is 12.1 Å². The Morgan fingerprint density at radius 1 is 1.17 bits per heavy atom. The topological polar surface area (TPSA) is 71.4 Å². The third-order valence-corrected chi connectivity index (χ3v) is 1.02. The van der Waals surface area contributed by atoms with Crippen LogP contribution in [0.4, 0.5) is 0 Å². The van der Waals surface area contributed by atoms with E-state index in [4.69, 9.17) is 13.5 Å². The van der Waals surface area contributed by atoms with Crippen molar-refractivity contribution in [2.24, 2.45) is 0 Å². The van der Waals surface area contributed by atoms with Crippen LogP contribution >= 0.6 is 0 Å². The van der Waals surface area contributed by atoms with E-state index in [-0.39, 0.29) is 0 Å². The van der Waals surface area contributed by atoms with E-state index in [1.807, 2.05) is 0 Å². The third-order valence-electron chi connectivity index (χ3n) is 1.02. The first kappa shape index (κ1) is 10.6. The molecule has 0 unspecified atom stereocenters. The van der Waals surface area contributed by atoms with Crippen LogP contribution in [0.1, 0.15) is 10.4 Å². The number of thiol groups is 1. The summed E-state index contributed by atoms with van der Waals surface area (Å²) in [6.45, 7) is 0. The number of hydrogen-bond donors (Lipinski definition) is 1. The Morgan fingerprint density at radius 3 is 1.83 bits per heavy atom. The molecule has 66 valence electrons. The average molecular weight is 187 g/mol. The fraction of sp³-hybridized carbons (Fsp3) is 0. The second-order valence-corrected chi connectivity index (χ2v) is 1.89. The summed E-state index contributed by atoms with van der Waals surface area (Å²) in [7, 11) is 0. The number of aromatic carboxylic acids is 1. The van der Waals surface area contributed by atoms with Crippen molar-refractivity contribution in [3.63, 3.8) is 0 Å². The third kappa shape index (κ3) is 4.45. The molecule has 1 aromatic carbocycles. The van der Waals surface area contributed by atoms with Crippen molar-refractivity contribution in [3.05, 3.63) is 35.9 Å². The smallest absolute Gasteiger partial charge is 0.335 e. The van der Waals surface area contributed by atoms with Crippen LogP contribution in [-0.2, 0) is 20.0 Å². The molecule has 0 spiro atoms. The fourth-order valence-corrected chi connectivity index (χ4v) is 0.581. The zero-order valence-electron chi connectivity index (χ0n) is 6.01. The van der Waals surface area contributed by atoms with Crippen LogP contribution in [0.15, 0.2) is 30.3 Å². The molecule has 0 atom stereocenters. The highest BCUT2D eigenvalue weighted by atomic mass is 32.1. The minimum atomic E-state index is -1.08. The zero-order valence-corrected chi connectivity index (χ0v) is 6.90. The quantitative estimate of drug-likeness (QED) is 0.523. The number of carboxylic acids is 1. The van der Waals surface area contributed by atoms with Crippen molar-refractivity contribution in [1.82, 2.24) is 0 Å². The zero-order chi connectivity index (χ0) is 9.40. The minimum absolute atomic E-state index is 0.331. The Balaban J connectivity index is 0.000000354. The van der Waals surface area contributed by atoms with E-state index in [9.17, 15) is 4.79 Å². The Kier molecular flexibility index (Phi) is 5.64. The number of carboxylic acid groups (broad SMARTS) is 1. The average Bonchev–Trinajstić information content (AvgIpc) is 2.07. The lowest BCUT2D eigenvalue weighted by molar-refractivity contribution is 0.0697. The summed E-state index contributed by atoms with van der Waals surface area (Å²) in [6.07, 6.45) is 0. The summed E-state index contributed by atoms with van der Waals surface area (Å²) in [5.41, 5.74) is 0.331. The van der Waals surface area contributed by atoms with Crippen LogP contribution < -0.4 is 0 Å². The van der Waals surface area contributed by atoms with Crippen LogP contribution in [0.2, 0.25) is 0 Å². The highest BCUT2D eigenvalue weighted by Crippen LogP contribution is 1.96. The second kappa shape index (κ2) is 6.36. The molecule has 0 radical (unpaired) electrons. The normalized spacial score (nSPS) is 8.00. The lowest BCUT2D eigenvalue weighted by Crippen LogP contribution is -1.93. The van der Waals surface area contributed by atoms with Crippen molar-refractivity contribution in [2.75, 3.05) is 0 Å². The summed E-state index contributed by atoms with van der Waals surface area (Å²) in [4.78, 5) is 10.2. The first-order valence-electron chi connectivity index (χ1n) is 2.95. The van der Waals surface area contributed by atoms with Crippen molar-refractivity contribution in [1.29, 1.82) is 0 Å². The number of rotatable bonds is 1. The molecular formula is C7H7O4S-. The lowest BCUT2D eigenvalue weighted by atomic mass is 10.2. The molecule has 1 aromatic rings. The fourth-order valence-electron chi connectivity index (χ4n) is 0.581. The SMILES string of the molecule is O=C(O)c1ccccc1.O=[SH-]=O. The van der Waals surface area contributed by atoms with E-state index in [2.05, 4.69) is 0 Å². The van der Waals surface area contributed by atoms with Gasteiger partial charge in [-0.15, -0.1) is 0 Å². The minimum Gasteiger partial charge on any atom is -0.478 e. The highest BCUT2D eigenvalue weighted by Gasteiger charge is 1.96. The molecule has 1 rings (SSSR count). The lowest BCUT2D eigenvalue weighted by Gasteiger charge is -1.88. The van der Waals surface area contributed by atoms with Gasteiger partial charge in [-0.25, -0.2) is 4.79 Å². The predicted molar refractivity (Wildman–Crippen MR) is 43.5 cm³/mol. The molecule has 12 heavy (non-hydrogen) atoms. The van der Waals surface area contributed by atoms with Gasteiger partial charge in [0, 0.05) is 0 Å². The molecule has 0 aliphatic rings. The maximum absolute atomic E-state index is 10.2. The van der Waals surface area contributed by atoms with Gasteiger partial charge >= 0.3 is 5.97 Å². The van der Waals surface area contributed by atoms with Crippen LogP contribution in [-0.4, -0.2) is 11.1 Å². The summed E-state index contributed by atoms with van der Waals surface area (Å²) >= 11 is -1.08. The largest absolute Gasteiger partial charge is 0.478 e. The summed E-state index contributed by atoms with van der Waals surface area (Å²) in [5, 5.41) is 8.38. The van der Waals surface area contributed by atoms with Crippen LogP contribution in [0.25, 0.3) is 0 Å². The van der Waals surface area contributed by atoms with E-state index in [1.165, 1.54) is 0 Å². The molecule has 0 aliphatic carbocycles. The Morgan fingerprint density at radius 2 is 1.58 bits per heavy atom. The molecule has 0 saturated carbocycles. The Hall–Kier alpha value is -1.36. The monoisotopic (exact) mass is 187 g/mol. The molecule has 0 fully saturated rings. The van der Waals surface area contributed by atoms with Gasteiger partial charge in [-0.3, -0.25) is 0 Å². The number of benzene rings is 1. The number of hydrogen-bond acceptors (Lipinski definition) is 4. The molecule has 1 N–H and O–H groups in total. The van der Waals surface area contributed by atoms with Gasteiger partial charge in [0.2, 0.25) is 0 Å². The highest BCUT2D eigenvalue weighted by molar-refractivity contribution is 7.51. The van der Waals surface area contributed by atoms with Crippen molar-refractivity contribution in [3.8, 4) is 0 Å². The first-order chi connectivity index (χ1) is 5.72. The molecule has 5 heteroatoms. The Bertz CT molecular complexity index is 277. The molecule has 0 aromatic heterocycles. The van der Waals surface area contributed by atoms with E-state index >= 15 is 0 Å². The molecular weight excluding hydrogens is 180 g/mol. The first-order valence-corrected chi connectivity index (χ1v) is 3.68. The van der Waals surface area contributed by atoms with Crippen LogP contribution in [0, 0.1) is 0 Å². The van der Waals surface area contributed by atoms with Gasteiger partial charge in [0.25, 0.3) is 0 Å². The molecule has 0 aliphatic heterocycles. The van der Waals surface area contributed by atoms with Crippen LogP contribution in [0.5, 0.6) is 0 Å². The standard InChI is InChI=1S/C7H6O2.HO2S/c8-7(9)6-4-2-1-3-5-6;1-3-2/h1-5H,(H,8,9);3H/q;-1. The van der Waals surface area contributed by atoms with E-state index < -0.39 is 17.5 Å². The van der Waals surface area contributed by atoms with Gasteiger partial charge in [-0.2, -0.15) is 0 Å². The van der Waals surface area contributed by atoms with Gasteiger partial charge < -0.3 is 13.5 Å². The van der Waals surface area contributed by atoms with Gasteiger partial charge in [0.15, 0.2) is 0 Å². The molecule has 0 heterocycles. The Labute approximate surface area is 72.4 Å². The predicted octanol–water partition coefficient (Wildman–Crippen LogP) is 0.877. The van der Waals surface area contributed by atoms with Crippen molar-refractivity contribution in [2.45, 2.75) is 0 Å².